The van der Waals surface area contributed by atoms with E-state index in [-0.39, 0.29) is 5.54 Å². The van der Waals surface area contributed by atoms with E-state index in [1.807, 2.05) is 0 Å². The Kier molecular flexibility index (Phi) is 4.60. The average Bonchev–Trinajstić information content (AvgIpc) is 2.57. The van der Waals surface area contributed by atoms with Crippen molar-refractivity contribution in [3.8, 4) is 0 Å². The first kappa shape index (κ1) is 17.5. The lowest BCUT2D eigenvalue weighted by atomic mass is 9.53. The van der Waals surface area contributed by atoms with Crippen molar-refractivity contribution in [1.29, 1.82) is 0 Å². The van der Waals surface area contributed by atoms with Gasteiger partial charge < -0.3 is 16.0 Å². The molecule has 0 spiro atoms. The number of aromatic nitrogens is 3. The Morgan fingerprint density at radius 3 is 2.11 bits per heavy atom. The molecule has 1 aromatic heterocycles. The van der Waals surface area contributed by atoms with E-state index in [1.54, 1.807) is 0 Å². The van der Waals surface area contributed by atoms with Crippen molar-refractivity contribution in [1.82, 2.24) is 15.0 Å². The van der Waals surface area contributed by atoms with Crippen molar-refractivity contribution >= 4 is 17.8 Å². The minimum Gasteiger partial charge on any atom is -0.354 e. The van der Waals surface area contributed by atoms with Gasteiger partial charge >= 0.3 is 0 Å². The SMILES string of the molecule is CCCCNc1nc(NC2CCC2)nc(NC23CC4CC(CC(C4)C2)C3)n1. The highest BCUT2D eigenvalue weighted by Gasteiger charge is 2.51. The van der Waals surface area contributed by atoms with Crippen LogP contribution in [0.15, 0.2) is 0 Å². The number of nitrogens with zero attached hydrogens (tertiary/aromatic N) is 3. The van der Waals surface area contributed by atoms with E-state index < -0.39 is 0 Å². The molecule has 0 radical (unpaired) electrons. The Bertz CT molecular complexity index is 635. The average molecular weight is 371 g/mol. The summed E-state index contributed by atoms with van der Waals surface area (Å²) in [5.74, 6) is 4.97. The third-order valence-electron chi connectivity index (χ3n) is 7.30. The molecule has 0 aliphatic heterocycles. The van der Waals surface area contributed by atoms with Crippen LogP contribution >= 0.6 is 0 Å². The number of anilines is 3. The molecule has 1 heterocycles. The molecule has 5 fully saturated rings. The number of hydrogen-bond acceptors (Lipinski definition) is 6. The summed E-state index contributed by atoms with van der Waals surface area (Å²) in [6.45, 7) is 3.12. The molecule has 0 atom stereocenters. The summed E-state index contributed by atoms with van der Waals surface area (Å²) < 4.78 is 0. The molecule has 3 N–H and O–H groups in total. The van der Waals surface area contributed by atoms with Gasteiger partial charge in [0.25, 0.3) is 0 Å². The molecule has 5 saturated carbocycles. The zero-order chi connectivity index (χ0) is 18.3. The largest absolute Gasteiger partial charge is 0.354 e. The lowest BCUT2D eigenvalue weighted by molar-refractivity contribution is 0.0103. The second-order valence-corrected chi connectivity index (χ2v) is 9.68. The van der Waals surface area contributed by atoms with Gasteiger partial charge in [-0.3, -0.25) is 0 Å². The van der Waals surface area contributed by atoms with Gasteiger partial charge in [-0.25, -0.2) is 0 Å². The zero-order valence-electron chi connectivity index (χ0n) is 16.6. The summed E-state index contributed by atoms with van der Waals surface area (Å²) in [4.78, 5) is 14.2. The minimum atomic E-state index is 0.227. The Labute approximate surface area is 162 Å². The summed E-state index contributed by atoms with van der Waals surface area (Å²) in [7, 11) is 0. The van der Waals surface area contributed by atoms with Crippen LogP contribution in [-0.2, 0) is 0 Å². The summed E-state index contributed by atoms with van der Waals surface area (Å²) in [5.41, 5.74) is 0.227. The van der Waals surface area contributed by atoms with Crippen LogP contribution in [-0.4, -0.2) is 33.1 Å². The van der Waals surface area contributed by atoms with Gasteiger partial charge in [-0.05, 0) is 82.0 Å². The third kappa shape index (κ3) is 3.72. The molecular formula is C21H34N6. The molecule has 27 heavy (non-hydrogen) atoms. The second kappa shape index (κ2) is 7.10. The quantitative estimate of drug-likeness (QED) is 0.588. The first-order chi connectivity index (χ1) is 13.2. The zero-order valence-corrected chi connectivity index (χ0v) is 16.6. The molecule has 6 rings (SSSR count). The highest BCUT2D eigenvalue weighted by molar-refractivity contribution is 5.44. The summed E-state index contributed by atoms with van der Waals surface area (Å²) in [5, 5.41) is 10.7. The molecule has 6 heteroatoms. The van der Waals surface area contributed by atoms with Crippen LogP contribution < -0.4 is 16.0 Å². The molecule has 148 valence electrons. The van der Waals surface area contributed by atoms with Crippen molar-refractivity contribution < 1.29 is 0 Å². The van der Waals surface area contributed by atoms with Gasteiger partial charge in [0.2, 0.25) is 17.8 Å². The second-order valence-electron chi connectivity index (χ2n) is 9.68. The maximum absolute atomic E-state index is 4.78. The van der Waals surface area contributed by atoms with Gasteiger partial charge in [0, 0.05) is 18.1 Å². The van der Waals surface area contributed by atoms with Crippen molar-refractivity contribution in [3.05, 3.63) is 0 Å². The highest BCUT2D eigenvalue weighted by atomic mass is 15.3. The smallest absolute Gasteiger partial charge is 0.229 e. The van der Waals surface area contributed by atoms with Gasteiger partial charge in [-0.1, -0.05) is 13.3 Å². The fourth-order valence-corrected chi connectivity index (χ4v) is 6.19. The predicted octanol–water partition coefficient (Wildman–Crippen LogP) is 4.43. The Morgan fingerprint density at radius 2 is 1.52 bits per heavy atom. The first-order valence-electron chi connectivity index (χ1n) is 11.2. The molecule has 0 saturated heterocycles. The molecule has 1 aromatic rings. The van der Waals surface area contributed by atoms with E-state index in [1.165, 1.54) is 64.2 Å². The lowest BCUT2D eigenvalue weighted by Crippen LogP contribution is -2.55. The van der Waals surface area contributed by atoms with Crippen molar-refractivity contribution in [2.75, 3.05) is 22.5 Å². The van der Waals surface area contributed by atoms with E-state index in [0.717, 1.165) is 42.6 Å². The van der Waals surface area contributed by atoms with Crippen LogP contribution in [0, 0.1) is 17.8 Å². The molecule has 0 unspecified atom stereocenters. The van der Waals surface area contributed by atoms with Gasteiger partial charge in [0.1, 0.15) is 0 Å². The maximum atomic E-state index is 4.78. The molecular weight excluding hydrogens is 336 g/mol. The Balaban J connectivity index is 1.35. The number of unbranched alkanes of at least 4 members (excludes halogenated alkanes) is 1. The molecule has 4 bridgehead atoms. The van der Waals surface area contributed by atoms with Crippen LogP contribution in [0.2, 0.25) is 0 Å². The molecule has 0 aromatic carbocycles. The fraction of sp³-hybridized carbons (Fsp3) is 0.857. The van der Waals surface area contributed by atoms with Crippen LogP contribution in [0.3, 0.4) is 0 Å². The predicted molar refractivity (Wildman–Crippen MR) is 109 cm³/mol. The van der Waals surface area contributed by atoms with E-state index in [2.05, 4.69) is 27.9 Å². The van der Waals surface area contributed by atoms with E-state index in [0.29, 0.717) is 12.0 Å². The topological polar surface area (TPSA) is 74.8 Å². The maximum Gasteiger partial charge on any atom is 0.229 e. The van der Waals surface area contributed by atoms with Crippen molar-refractivity contribution in [2.24, 2.45) is 17.8 Å². The highest BCUT2D eigenvalue weighted by Crippen LogP contribution is 2.56. The van der Waals surface area contributed by atoms with Gasteiger partial charge in [0.15, 0.2) is 0 Å². The van der Waals surface area contributed by atoms with Gasteiger partial charge in [-0.2, -0.15) is 15.0 Å². The summed E-state index contributed by atoms with van der Waals surface area (Å²) >= 11 is 0. The van der Waals surface area contributed by atoms with Crippen LogP contribution in [0.4, 0.5) is 17.8 Å². The fourth-order valence-electron chi connectivity index (χ4n) is 6.19. The third-order valence-corrected chi connectivity index (χ3v) is 7.30. The standard InChI is InChI=1S/C21H34N6/c1-2-3-7-22-18-24-19(23-17-5-4-6-17)26-20(25-18)27-21-11-14-8-15(12-21)10-16(9-14)13-21/h14-17H,2-13H2,1H3,(H3,22,23,24,25,26,27). The number of nitrogens with one attached hydrogen (secondary N) is 3. The van der Waals surface area contributed by atoms with E-state index >= 15 is 0 Å². The van der Waals surface area contributed by atoms with Crippen LogP contribution in [0.1, 0.15) is 77.6 Å². The number of rotatable bonds is 8. The minimum absolute atomic E-state index is 0.227. The van der Waals surface area contributed by atoms with E-state index in [9.17, 15) is 0 Å². The van der Waals surface area contributed by atoms with Crippen molar-refractivity contribution in [3.63, 3.8) is 0 Å². The molecule has 6 nitrogen and oxygen atoms in total. The van der Waals surface area contributed by atoms with E-state index in [4.69, 9.17) is 9.97 Å². The first-order valence-corrected chi connectivity index (χ1v) is 11.2. The summed E-state index contributed by atoms with van der Waals surface area (Å²) in [6.07, 6.45) is 14.3. The number of hydrogen-bond donors (Lipinski definition) is 3. The Hall–Kier alpha value is -1.59. The summed E-state index contributed by atoms with van der Waals surface area (Å²) in [6, 6.07) is 0.531. The Morgan fingerprint density at radius 1 is 0.889 bits per heavy atom. The van der Waals surface area contributed by atoms with Gasteiger partial charge in [-0.15, -0.1) is 0 Å². The van der Waals surface area contributed by atoms with Gasteiger partial charge in [0.05, 0.1) is 0 Å². The normalized spacial score (nSPS) is 34.3. The molecule has 5 aliphatic rings. The molecule has 5 aliphatic carbocycles. The lowest BCUT2D eigenvalue weighted by Gasteiger charge is -2.56. The van der Waals surface area contributed by atoms with Crippen LogP contribution in [0.25, 0.3) is 0 Å². The van der Waals surface area contributed by atoms with Crippen LogP contribution in [0.5, 0.6) is 0 Å². The monoisotopic (exact) mass is 370 g/mol. The molecule has 0 amide bonds. The van der Waals surface area contributed by atoms with Crippen molar-refractivity contribution in [2.45, 2.75) is 89.1 Å².